The van der Waals surface area contributed by atoms with E-state index in [1.54, 1.807) is 0 Å². The summed E-state index contributed by atoms with van der Waals surface area (Å²) < 4.78 is 0. The summed E-state index contributed by atoms with van der Waals surface area (Å²) in [7, 11) is 0. The first-order valence-corrected chi connectivity index (χ1v) is 9.53. The predicted molar refractivity (Wildman–Crippen MR) is 106 cm³/mol. The number of piperidine rings is 1. The fourth-order valence-electron chi connectivity index (χ4n) is 3.58. The number of nitrogens with two attached hydrogens (primary N) is 1. The molecule has 0 bridgehead atoms. The molecule has 0 aromatic heterocycles. The molecule has 27 heavy (non-hydrogen) atoms. The van der Waals surface area contributed by atoms with E-state index in [-0.39, 0.29) is 30.3 Å². The van der Waals surface area contributed by atoms with Gasteiger partial charge in [-0.15, -0.1) is 0 Å². The second kappa shape index (κ2) is 9.33. The van der Waals surface area contributed by atoms with Crippen molar-refractivity contribution in [2.24, 2.45) is 11.7 Å². The summed E-state index contributed by atoms with van der Waals surface area (Å²) in [6, 6.07) is 20.6. The van der Waals surface area contributed by atoms with Crippen LogP contribution in [0.4, 0.5) is 0 Å². The molecule has 142 valence electrons. The Bertz CT molecular complexity index is 741. The average Bonchev–Trinajstić information content (AvgIpc) is 2.72. The second-order valence-electron chi connectivity index (χ2n) is 7.09. The van der Waals surface area contributed by atoms with Crippen molar-refractivity contribution in [2.75, 3.05) is 19.6 Å². The molecule has 0 saturated carbocycles. The van der Waals surface area contributed by atoms with Crippen LogP contribution in [0.15, 0.2) is 60.7 Å². The van der Waals surface area contributed by atoms with Crippen molar-refractivity contribution in [2.45, 2.75) is 25.3 Å². The van der Waals surface area contributed by atoms with Crippen molar-refractivity contribution in [3.05, 3.63) is 71.8 Å². The number of rotatable bonds is 7. The molecule has 0 aliphatic carbocycles. The molecule has 1 heterocycles. The van der Waals surface area contributed by atoms with Crippen molar-refractivity contribution in [1.82, 2.24) is 10.2 Å². The van der Waals surface area contributed by atoms with Crippen LogP contribution < -0.4 is 11.1 Å². The minimum atomic E-state index is -0.257. The number of hydrogen-bond acceptors (Lipinski definition) is 3. The van der Waals surface area contributed by atoms with Gasteiger partial charge in [0.1, 0.15) is 0 Å². The van der Waals surface area contributed by atoms with Crippen LogP contribution in [0.2, 0.25) is 0 Å². The zero-order valence-corrected chi connectivity index (χ0v) is 15.5. The van der Waals surface area contributed by atoms with Crippen LogP contribution in [0, 0.1) is 5.92 Å². The largest absolute Gasteiger partial charge is 0.369 e. The number of likely N-dealkylation sites (tertiary alicyclic amines) is 1. The molecule has 1 fully saturated rings. The summed E-state index contributed by atoms with van der Waals surface area (Å²) in [4.78, 5) is 25.7. The maximum atomic E-state index is 12.6. The Morgan fingerprint density at radius 3 is 2.19 bits per heavy atom. The van der Waals surface area contributed by atoms with Gasteiger partial charge in [0.15, 0.2) is 0 Å². The summed E-state index contributed by atoms with van der Waals surface area (Å²) in [5.74, 6) is -0.281. The van der Waals surface area contributed by atoms with Crippen LogP contribution in [0.1, 0.15) is 30.0 Å². The van der Waals surface area contributed by atoms with Crippen LogP contribution in [-0.2, 0) is 16.0 Å². The molecule has 0 spiro atoms. The van der Waals surface area contributed by atoms with Gasteiger partial charge in [-0.1, -0.05) is 60.7 Å². The van der Waals surface area contributed by atoms with Crippen LogP contribution in [0.25, 0.3) is 0 Å². The fourth-order valence-corrected chi connectivity index (χ4v) is 3.58. The molecule has 3 N–H and O–H groups in total. The number of amides is 2. The average molecular weight is 365 g/mol. The Labute approximate surface area is 160 Å². The van der Waals surface area contributed by atoms with E-state index in [2.05, 4.69) is 29.6 Å². The number of carbonyl (C=O) groups is 2. The summed E-state index contributed by atoms with van der Waals surface area (Å²) in [6.45, 7) is 1.49. The molecule has 3 rings (SSSR count). The number of nitrogens with zero attached hydrogens (tertiary/aromatic N) is 1. The van der Waals surface area contributed by atoms with Gasteiger partial charge in [-0.05, 0) is 30.4 Å². The standard InChI is InChI=1S/C22H27N3O2/c23-22(27)19-11-13-25(14-12-19)21(26)16-24-20(18-9-5-2-6-10-18)15-17-7-3-1-4-8-17/h1-10,19-20,24H,11-16H2,(H2,23,27). The lowest BCUT2D eigenvalue weighted by atomic mass is 9.96. The van der Waals surface area contributed by atoms with Gasteiger partial charge in [0, 0.05) is 25.0 Å². The summed E-state index contributed by atoms with van der Waals surface area (Å²) in [5, 5.41) is 3.43. The van der Waals surface area contributed by atoms with E-state index in [9.17, 15) is 9.59 Å². The van der Waals surface area contributed by atoms with Gasteiger partial charge in [0.2, 0.25) is 11.8 Å². The van der Waals surface area contributed by atoms with E-state index in [0.717, 1.165) is 6.42 Å². The first-order chi connectivity index (χ1) is 13.1. The third kappa shape index (κ3) is 5.41. The van der Waals surface area contributed by atoms with Crippen molar-refractivity contribution < 1.29 is 9.59 Å². The lowest BCUT2D eigenvalue weighted by Crippen LogP contribution is -2.45. The van der Waals surface area contributed by atoms with E-state index in [0.29, 0.717) is 25.9 Å². The zero-order chi connectivity index (χ0) is 19.1. The van der Waals surface area contributed by atoms with Crippen molar-refractivity contribution in [3.63, 3.8) is 0 Å². The monoisotopic (exact) mass is 365 g/mol. The Kier molecular flexibility index (Phi) is 6.60. The summed E-state index contributed by atoms with van der Waals surface area (Å²) in [5.41, 5.74) is 7.77. The normalized spacial score (nSPS) is 16.1. The third-order valence-electron chi connectivity index (χ3n) is 5.23. The van der Waals surface area contributed by atoms with Gasteiger partial charge in [-0.25, -0.2) is 0 Å². The SMILES string of the molecule is NC(=O)C1CCN(C(=O)CNC(Cc2ccccc2)c2ccccc2)CC1. The molecular weight excluding hydrogens is 338 g/mol. The lowest BCUT2D eigenvalue weighted by Gasteiger charge is -2.31. The summed E-state index contributed by atoms with van der Waals surface area (Å²) >= 11 is 0. The minimum Gasteiger partial charge on any atom is -0.369 e. The molecule has 2 aromatic carbocycles. The quantitative estimate of drug-likeness (QED) is 0.790. The van der Waals surface area contributed by atoms with Crippen LogP contribution >= 0.6 is 0 Å². The first kappa shape index (κ1) is 19.1. The molecule has 1 aliphatic heterocycles. The van der Waals surface area contributed by atoms with E-state index >= 15 is 0 Å². The molecule has 2 amide bonds. The fraction of sp³-hybridized carbons (Fsp3) is 0.364. The molecular formula is C22H27N3O2. The Balaban J connectivity index is 1.59. The van der Waals surface area contributed by atoms with E-state index in [1.165, 1.54) is 11.1 Å². The van der Waals surface area contributed by atoms with Gasteiger partial charge in [-0.2, -0.15) is 0 Å². The van der Waals surface area contributed by atoms with E-state index in [4.69, 9.17) is 5.73 Å². The number of nitrogens with one attached hydrogen (secondary N) is 1. The number of primary amides is 1. The Hall–Kier alpha value is -2.66. The molecule has 1 atom stereocenters. The molecule has 5 heteroatoms. The van der Waals surface area contributed by atoms with E-state index in [1.807, 2.05) is 41.3 Å². The lowest BCUT2D eigenvalue weighted by molar-refractivity contribution is -0.134. The van der Waals surface area contributed by atoms with E-state index < -0.39 is 0 Å². The highest BCUT2D eigenvalue weighted by molar-refractivity contribution is 5.80. The smallest absolute Gasteiger partial charge is 0.236 e. The Morgan fingerprint density at radius 2 is 1.59 bits per heavy atom. The second-order valence-corrected chi connectivity index (χ2v) is 7.09. The molecule has 2 aromatic rings. The first-order valence-electron chi connectivity index (χ1n) is 9.53. The van der Waals surface area contributed by atoms with Crippen molar-refractivity contribution in [1.29, 1.82) is 0 Å². The highest BCUT2D eigenvalue weighted by atomic mass is 16.2. The van der Waals surface area contributed by atoms with Gasteiger partial charge < -0.3 is 16.0 Å². The molecule has 5 nitrogen and oxygen atoms in total. The highest BCUT2D eigenvalue weighted by Crippen LogP contribution is 2.19. The molecule has 0 radical (unpaired) electrons. The summed E-state index contributed by atoms with van der Waals surface area (Å²) in [6.07, 6.45) is 2.14. The topological polar surface area (TPSA) is 75.4 Å². The van der Waals surface area contributed by atoms with Crippen LogP contribution in [-0.4, -0.2) is 36.3 Å². The zero-order valence-electron chi connectivity index (χ0n) is 15.5. The van der Waals surface area contributed by atoms with Crippen molar-refractivity contribution in [3.8, 4) is 0 Å². The van der Waals surface area contributed by atoms with Crippen LogP contribution in [0.5, 0.6) is 0 Å². The van der Waals surface area contributed by atoms with Crippen molar-refractivity contribution >= 4 is 11.8 Å². The molecule has 1 aliphatic rings. The molecule has 1 saturated heterocycles. The third-order valence-corrected chi connectivity index (χ3v) is 5.23. The predicted octanol–water partition coefficient (Wildman–Crippen LogP) is 2.28. The maximum absolute atomic E-state index is 12.6. The Morgan fingerprint density at radius 1 is 1.00 bits per heavy atom. The van der Waals surface area contributed by atoms with Gasteiger partial charge in [0.25, 0.3) is 0 Å². The van der Waals surface area contributed by atoms with Gasteiger partial charge in [0.05, 0.1) is 6.54 Å². The number of benzene rings is 2. The van der Waals surface area contributed by atoms with Gasteiger partial charge in [-0.3, -0.25) is 9.59 Å². The number of hydrogen-bond donors (Lipinski definition) is 2. The minimum absolute atomic E-state index is 0.0701. The van der Waals surface area contributed by atoms with Crippen LogP contribution in [0.3, 0.4) is 0 Å². The number of carbonyl (C=O) groups excluding carboxylic acids is 2. The highest BCUT2D eigenvalue weighted by Gasteiger charge is 2.26. The maximum Gasteiger partial charge on any atom is 0.236 e. The van der Waals surface area contributed by atoms with Gasteiger partial charge >= 0.3 is 0 Å². The molecule has 1 unspecified atom stereocenters.